The average Bonchev–Trinajstić information content (AvgIpc) is 3.05. The van der Waals surface area contributed by atoms with Crippen LogP contribution in [-0.2, 0) is 10.3 Å². The van der Waals surface area contributed by atoms with Crippen LogP contribution >= 0.6 is 0 Å². The fraction of sp³-hybridized carbons (Fsp3) is 0.786. The monoisotopic (exact) mass is 261 g/mol. The minimum absolute atomic E-state index is 0.0528. The van der Waals surface area contributed by atoms with Crippen LogP contribution in [0.1, 0.15) is 56.7 Å². The maximum absolute atomic E-state index is 8.86. The summed E-state index contributed by atoms with van der Waals surface area (Å²) >= 11 is 0. The van der Waals surface area contributed by atoms with Gasteiger partial charge >= 0.3 is 0 Å². The molecule has 5 nitrogen and oxygen atoms in total. The summed E-state index contributed by atoms with van der Waals surface area (Å²) < 4.78 is 11.1. The number of hydrogen-bond donors (Lipinski definition) is 0. The lowest BCUT2D eigenvalue weighted by Crippen LogP contribution is -2.35. The van der Waals surface area contributed by atoms with Crippen molar-refractivity contribution in [3.05, 3.63) is 11.7 Å². The van der Waals surface area contributed by atoms with Gasteiger partial charge in [-0.05, 0) is 31.6 Å². The maximum Gasteiger partial charge on any atom is 0.231 e. The van der Waals surface area contributed by atoms with Crippen LogP contribution in [0.4, 0.5) is 0 Å². The van der Waals surface area contributed by atoms with Gasteiger partial charge in [0.1, 0.15) is 5.60 Å². The third-order valence-electron chi connectivity index (χ3n) is 4.47. The molecular weight excluding hydrogens is 242 g/mol. The molecule has 2 fully saturated rings. The first kappa shape index (κ1) is 12.6. The van der Waals surface area contributed by atoms with Crippen LogP contribution in [0, 0.1) is 23.2 Å². The van der Waals surface area contributed by atoms with E-state index in [0.717, 1.165) is 25.7 Å². The number of nitrogens with zero attached hydrogens (tertiary/aromatic N) is 3. The fourth-order valence-corrected chi connectivity index (χ4v) is 3.16. The maximum atomic E-state index is 8.86. The second-order valence-corrected chi connectivity index (χ2v) is 5.93. The Labute approximate surface area is 112 Å². The van der Waals surface area contributed by atoms with Gasteiger partial charge in [0.25, 0.3) is 0 Å². The number of nitriles is 1. The molecule has 0 spiro atoms. The third-order valence-corrected chi connectivity index (χ3v) is 4.47. The minimum atomic E-state index is -0.392. The van der Waals surface area contributed by atoms with Crippen molar-refractivity contribution in [2.75, 3.05) is 7.11 Å². The van der Waals surface area contributed by atoms with Gasteiger partial charge in [0, 0.05) is 7.11 Å². The Morgan fingerprint density at radius 3 is 3.00 bits per heavy atom. The molecule has 4 atom stereocenters. The molecule has 0 amide bonds. The Bertz CT molecular complexity index is 507. The summed E-state index contributed by atoms with van der Waals surface area (Å²) in [7, 11) is 1.73. The van der Waals surface area contributed by atoms with E-state index in [1.54, 1.807) is 7.11 Å². The van der Waals surface area contributed by atoms with Crippen LogP contribution in [-0.4, -0.2) is 17.3 Å². The van der Waals surface area contributed by atoms with Crippen molar-refractivity contribution < 1.29 is 9.26 Å². The van der Waals surface area contributed by atoms with Crippen molar-refractivity contribution in [3.8, 4) is 6.07 Å². The predicted octanol–water partition coefficient (Wildman–Crippen LogP) is 2.75. The van der Waals surface area contributed by atoms with E-state index in [4.69, 9.17) is 14.5 Å². The molecule has 0 saturated heterocycles. The molecule has 102 valence electrons. The lowest BCUT2D eigenvalue weighted by Gasteiger charge is -2.36. The van der Waals surface area contributed by atoms with E-state index < -0.39 is 5.60 Å². The van der Waals surface area contributed by atoms with Crippen LogP contribution in [0.3, 0.4) is 0 Å². The van der Waals surface area contributed by atoms with E-state index >= 15 is 0 Å². The standard InChI is InChI=1S/C14H19N3O2/c1-9-4-3-5-14(7-9,18-2)13-16-12(19-17-13)11-6-10(11)8-15/h9-11H,3-7H2,1-2H3. The smallest absolute Gasteiger partial charge is 0.231 e. The summed E-state index contributed by atoms with van der Waals surface area (Å²) in [5, 5.41) is 13.0. The molecule has 0 radical (unpaired) electrons. The molecule has 0 bridgehead atoms. The zero-order valence-corrected chi connectivity index (χ0v) is 11.4. The van der Waals surface area contributed by atoms with Crippen molar-refractivity contribution in [1.29, 1.82) is 5.26 Å². The van der Waals surface area contributed by atoms with Crippen molar-refractivity contribution in [2.45, 2.75) is 50.5 Å². The van der Waals surface area contributed by atoms with Crippen LogP contribution in [0.15, 0.2) is 4.52 Å². The molecule has 1 aromatic rings. The zero-order chi connectivity index (χ0) is 13.5. The van der Waals surface area contributed by atoms with Gasteiger partial charge in [0.15, 0.2) is 0 Å². The van der Waals surface area contributed by atoms with Gasteiger partial charge in [-0.2, -0.15) is 10.2 Å². The van der Waals surface area contributed by atoms with Gasteiger partial charge in [-0.1, -0.05) is 18.5 Å². The van der Waals surface area contributed by atoms with E-state index in [1.807, 2.05) is 0 Å². The first-order valence-electron chi connectivity index (χ1n) is 6.97. The van der Waals surface area contributed by atoms with E-state index in [9.17, 15) is 0 Å². The second-order valence-electron chi connectivity index (χ2n) is 5.93. The van der Waals surface area contributed by atoms with Crippen LogP contribution < -0.4 is 0 Å². The molecule has 5 heteroatoms. The van der Waals surface area contributed by atoms with E-state index in [-0.39, 0.29) is 11.8 Å². The van der Waals surface area contributed by atoms with E-state index in [2.05, 4.69) is 23.1 Å². The first-order chi connectivity index (χ1) is 9.18. The molecule has 2 saturated carbocycles. The number of hydrogen-bond acceptors (Lipinski definition) is 5. The largest absolute Gasteiger partial charge is 0.370 e. The lowest BCUT2D eigenvalue weighted by atomic mass is 9.78. The van der Waals surface area contributed by atoms with Gasteiger partial charge in [-0.25, -0.2) is 0 Å². The highest BCUT2D eigenvalue weighted by molar-refractivity contribution is 5.16. The summed E-state index contributed by atoms with van der Waals surface area (Å²) in [6, 6.07) is 2.25. The molecule has 2 aliphatic rings. The number of methoxy groups -OCH3 is 1. The molecule has 0 aromatic carbocycles. The quantitative estimate of drug-likeness (QED) is 0.836. The Kier molecular flexibility index (Phi) is 3.06. The number of ether oxygens (including phenoxy) is 1. The topological polar surface area (TPSA) is 71.9 Å². The average molecular weight is 261 g/mol. The van der Waals surface area contributed by atoms with Gasteiger partial charge in [-0.3, -0.25) is 0 Å². The van der Waals surface area contributed by atoms with Crippen LogP contribution in [0.25, 0.3) is 0 Å². The Hall–Kier alpha value is -1.41. The predicted molar refractivity (Wildman–Crippen MR) is 67.1 cm³/mol. The van der Waals surface area contributed by atoms with Crippen LogP contribution in [0.5, 0.6) is 0 Å². The molecular formula is C14H19N3O2. The molecule has 4 unspecified atom stereocenters. The molecule has 0 N–H and O–H groups in total. The highest BCUT2D eigenvalue weighted by atomic mass is 16.5. The number of aromatic nitrogens is 2. The third kappa shape index (κ3) is 2.14. The van der Waals surface area contributed by atoms with Crippen LogP contribution in [0.2, 0.25) is 0 Å². The summed E-state index contributed by atoms with van der Waals surface area (Å²) in [6.07, 6.45) is 5.08. The molecule has 2 aliphatic carbocycles. The second kappa shape index (κ2) is 4.61. The highest BCUT2D eigenvalue weighted by Crippen LogP contribution is 2.47. The van der Waals surface area contributed by atoms with E-state index in [1.165, 1.54) is 6.42 Å². The normalized spacial score (nSPS) is 37.8. The van der Waals surface area contributed by atoms with Crippen molar-refractivity contribution in [2.24, 2.45) is 11.8 Å². The molecule has 1 aromatic heterocycles. The first-order valence-corrected chi connectivity index (χ1v) is 6.97. The summed E-state index contributed by atoms with van der Waals surface area (Å²) in [4.78, 5) is 4.52. The van der Waals surface area contributed by atoms with Crippen molar-refractivity contribution in [3.63, 3.8) is 0 Å². The zero-order valence-electron chi connectivity index (χ0n) is 11.4. The lowest BCUT2D eigenvalue weighted by molar-refractivity contribution is -0.0658. The van der Waals surface area contributed by atoms with Gasteiger partial charge < -0.3 is 9.26 Å². The highest BCUT2D eigenvalue weighted by Gasteiger charge is 2.46. The Morgan fingerprint density at radius 1 is 1.53 bits per heavy atom. The van der Waals surface area contributed by atoms with E-state index in [0.29, 0.717) is 17.6 Å². The Morgan fingerprint density at radius 2 is 2.37 bits per heavy atom. The summed E-state index contributed by atoms with van der Waals surface area (Å²) in [6.45, 7) is 2.24. The summed E-state index contributed by atoms with van der Waals surface area (Å²) in [5.74, 6) is 2.08. The fourth-order valence-electron chi connectivity index (χ4n) is 3.16. The molecule has 0 aliphatic heterocycles. The molecule has 19 heavy (non-hydrogen) atoms. The van der Waals surface area contributed by atoms with Gasteiger partial charge in [0.05, 0.1) is 17.9 Å². The minimum Gasteiger partial charge on any atom is -0.370 e. The molecule has 3 rings (SSSR count). The van der Waals surface area contributed by atoms with Crippen molar-refractivity contribution >= 4 is 0 Å². The SMILES string of the molecule is COC1(c2noc(C3CC3C#N)n2)CCCC(C)C1. The summed E-state index contributed by atoms with van der Waals surface area (Å²) in [5.41, 5.74) is -0.392. The van der Waals surface area contributed by atoms with Crippen molar-refractivity contribution in [1.82, 2.24) is 10.1 Å². The molecule has 1 heterocycles. The van der Waals surface area contributed by atoms with Gasteiger partial charge in [-0.15, -0.1) is 0 Å². The van der Waals surface area contributed by atoms with Gasteiger partial charge in [0.2, 0.25) is 11.7 Å². The Balaban J connectivity index is 1.82. The number of rotatable bonds is 3.